The van der Waals surface area contributed by atoms with Gasteiger partial charge in [0.15, 0.2) is 0 Å². The van der Waals surface area contributed by atoms with E-state index in [0.717, 1.165) is 24.4 Å². The summed E-state index contributed by atoms with van der Waals surface area (Å²) in [6, 6.07) is 6.94. The maximum atomic E-state index is 6.02. The van der Waals surface area contributed by atoms with Gasteiger partial charge < -0.3 is 9.47 Å². The van der Waals surface area contributed by atoms with Crippen LogP contribution in [0.2, 0.25) is 0 Å². The summed E-state index contributed by atoms with van der Waals surface area (Å²) in [6.07, 6.45) is 0. The molecule has 1 heterocycles. The fraction of sp³-hybridized carbons (Fsp3) is 0.533. The van der Waals surface area contributed by atoms with Crippen LogP contribution in [-0.2, 0) is 12.4 Å². The molecule has 0 aliphatic heterocycles. The number of fused-ring (bicyclic) bond motifs is 1. The second-order valence-electron chi connectivity index (χ2n) is 5.38. The number of aryl methyl sites for hydroxylation is 1. The summed E-state index contributed by atoms with van der Waals surface area (Å²) in [6.45, 7) is 8.43. The Kier molecular flexibility index (Phi) is 4.48. The lowest BCUT2D eigenvalue weighted by atomic mass is 10.2. The van der Waals surface area contributed by atoms with Crippen LogP contribution in [0.3, 0.4) is 0 Å². The number of halogens is 1. The number of benzene rings is 1. The second kappa shape index (κ2) is 5.93. The fourth-order valence-electron chi connectivity index (χ4n) is 2.16. The van der Waals surface area contributed by atoms with Gasteiger partial charge in [-0.15, -0.1) is 11.6 Å². The highest BCUT2D eigenvalue weighted by Crippen LogP contribution is 2.19. The zero-order chi connectivity index (χ0) is 14.0. The van der Waals surface area contributed by atoms with E-state index >= 15 is 0 Å². The first-order valence-electron chi connectivity index (χ1n) is 6.75. The van der Waals surface area contributed by atoms with E-state index in [1.807, 2.05) is 0 Å². The molecule has 0 saturated carbocycles. The minimum atomic E-state index is 0.457. The number of nitrogens with zero attached hydrogens (tertiary/aromatic N) is 3. The summed E-state index contributed by atoms with van der Waals surface area (Å²) >= 11 is 6.02. The molecule has 0 unspecified atom stereocenters. The smallest absolute Gasteiger partial charge is 0.124 e. The Hall–Kier alpha value is -1.06. The fourth-order valence-corrected chi connectivity index (χ4v) is 2.36. The molecule has 19 heavy (non-hydrogen) atoms. The maximum Gasteiger partial charge on any atom is 0.124 e. The van der Waals surface area contributed by atoms with Crippen molar-refractivity contribution in [3.05, 3.63) is 29.6 Å². The molecule has 4 heteroatoms. The van der Waals surface area contributed by atoms with Gasteiger partial charge in [0.2, 0.25) is 0 Å². The van der Waals surface area contributed by atoms with Gasteiger partial charge in [0, 0.05) is 19.1 Å². The molecular weight excluding hydrogens is 258 g/mol. The number of imidazole rings is 1. The van der Waals surface area contributed by atoms with Gasteiger partial charge in [-0.2, -0.15) is 0 Å². The van der Waals surface area contributed by atoms with Gasteiger partial charge in [0.05, 0.1) is 16.9 Å². The first-order chi connectivity index (χ1) is 9.02. The largest absolute Gasteiger partial charge is 0.326 e. The van der Waals surface area contributed by atoms with Crippen molar-refractivity contribution in [2.45, 2.75) is 39.2 Å². The van der Waals surface area contributed by atoms with E-state index < -0.39 is 0 Å². The van der Waals surface area contributed by atoms with Crippen molar-refractivity contribution in [2.24, 2.45) is 0 Å². The Morgan fingerprint density at radius 2 is 2.11 bits per heavy atom. The van der Waals surface area contributed by atoms with E-state index in [9.17, 15) is 0 Å². The molecule has 1 aromatic heterocycles. The van der Waals surface area contributed by atoms with Gasteiger partial charge in [-0.3, -0.25) is 0 Å². The van der Waals surface area contributed by atoms with Crippen LogP contribution in [0.1, 0.15) is 25.2 Å². The van der Waals surface area contributed by atoms with E-state index in [2.05, 4.69) is 60.5 Å². The second-order valence-corrected chi connectivity index (χ2v) is 5.65. The quantitative estimate of drug-likeness (QED) is 0.782. The number of rotatable bonds is 5. The summed E-state index contributed by atoms with van der Waals surface area (Å²) in [7, 11) is 2.15. The van der Waals surface area contributed by atoms with Gasteiger partial charge in [-0.1, -0.05) is 6.07 Å². The van der Waals surface area contributed by atoms with Gasteiger partial charge in [-0.25, -0.2) is 4.98 Å². The minimum Gasteiger partial charge on any atom is -0.326 e. The van der Waals surface area contributed by atoms with E-state index in [4.69, 9.17) is 11.6 Å². The number of alkyl halides is 1. The Morgan fingerprint density at radius 1 is 1.37 bits per heavy atom. The van der Waals surface area contributed by atoms with Gasteiger partial charge in [-0.05, 0) is 45.5 Å². The lowest BCUT2D eigenvalue weighted by Gasteiger charge is -2.21. The summed E-state index contributed by atoms with van der Waals surface area (Å²) in [5, 5.41) is 0. The van der Waals surface area contributed by atoms with Crippen LogP contribution >= 0.6 is 11.6 Å². The van der Waals surface area contributed by atoms with Gasteiger partial charge >= 0.3 is 0 Å². The molecule has 0 atom stereocenters. The zero-order valence-electron chi connectivity index (χ0n) is 12.2. The minimum absolute atomic E-state index is 0.457. The van der Waals surface area contributed by atoms with Gasteiger partial charge in [0.1, 0.15) is 5.82 Å². The molecule has 0 radical (unpaired) electrons. The average Bonchev–Trinajstić information content (AvgIpc) is 2.72. The van der Waals surface area contributed by atoms with Crippen LogP contribution in [0.25, 0.3) is 11.0 Å². The normalized spacial score (nSPS) is 11.9. The summed E-state index contributed by atoms with van der Waals surface area (Å²) in [5.74, 6) is 1.42. The molecule has 1 aromatic carbocycles. The van der Waals surface area contributed by atoms with Crippen LogP contribution in [0, 0.1) is 6.92 Å². The number of aromatic nitrogens is 2. The Bertz CT molecular complexity index is 560. The lowest BCUT2D eigenvalue weighted by molar-refractivity contribution is 0.263. The molecule has 0 aliphatic carbocycles. The van der Waals surface area contributed by atoms with E-state index in [0.29, 0.717) is 11.9 Å². The predicted molar refractivity (Wildman–Crippen MR) is 81.8 cm³/mol. The monoisotopic (exact) mass is 279 g/mol. The predicted octanol–water partition coefficient (Wildman–Crippen LogP) is 3.42. The topological polar surface area (TPSA) is 21.1 Å². The van der Waals surface area contributed by atoms with Crippen molar-refractivity contribution in [3.63, 3.8) is 0 Å². The molecule has 0 bridgehead atoms. The van der Waals surface area contributed by atoms with Crippen LogP contribution in [0.4, 0.5) is 0 Å². The van der Waals surface area contributed by atoms with Crippen molar-refractivity contribution in [3.8, 4) is 0 Å². The average molecular weight is 280 g/mol. The molecule has 0 saturated heterocycles. The summed E-state index contributed by atoms with van der Waals surface area (Å²) in [4.78, 5) is 6.96. The highest BCUT2D eigenvalue weighted by Gasteiger charge is 2.11. The first kappa shape index (κ1) is 14.4. The van der Waals surface area contributed by atoms with E-state index in [-0.39, 0.29) is 0 Å². The molecule has 2 rings (SSSR count). The van der Waals surface area contributed by atoms with Crippen LogP contribution < -0.4 is 0 Å². The number of hydrogen-bond donors (Lipinski definition) is 0. The molecule has 0 N–H and O–H groups in total. The molecular formula is C15H22ClN3. The van der Waals surface area contributed by atoms with Crippen molar-refractivity contribution in [2.75, 3.05) is 13.6 Å². The van der Waals surface area contributed by atoms with Crippen molar-refractivity contribution >= 4 is 22.6 Å². The van der Waals surface area contributed by atoms with Crippen molar-refractivity contribution in [1.29, 1.82) is 0 Å². The number of hydrogen-bond acceptors (Lipinski definition) is 2. The molecule has 0 aliphatic rings. The molecule has 0 spiro atoms. The zero-order valence-corrected chi connectivity index (χ0v) is 12.9. The number of likely N-dealkylation sites (N-methyl/N-ethyl adjacent to an activating group) is 1. The Morgan fingerprint density at radius 3 is 2.74 bits per heavy atom. The molecule has 0 fully saturated rings. The first-order valence-corrected chi connectivity index (χ1v) is 7.28. The molecule has 3 nitrogen and oxygen atoms in total. The van der Waals surface area contributed by atoms with Crippen molar-refractivity contribution < 1.29 is 0 Å². The SMILES string of the molecule is Cc1ccc2c(c1)nc(CCl)n2CCN(C)C(C)C. The molecule has 2 aromatic rings. The summed E-state index contributed by atoms with van der Waals surface area (Å²) in [5.41, 5.74) is 3.46. The highest BCUT2D eigenvalue weighted by atomic mass is 35.5. The lowest BCUT2D eigenvalue weighted by Crippen LogP contribution is -2.30. The van der Waals surface area contributed by atoms with Crippen LogP contribution in [-0.4, -0.2) is 34.1 Å². The third kappa shape index (κ3) is 3.10. The third-order valence-electron chi connectivity index (χ3n) is 3.66. The van der Waals surface area contributed by atoms with E-state index in [1.165, 1.54) is 11.1 Å². The standard InChI is InChI=1S/C15H22ClN3/c1-11(2)18(4)7-8-19-14-6-5-12(3)9-13(14)17-15(19)10-16/h5-6,9,11H,7-8,10H2,1-4H3. The van der Waals surface area contributed by atoms with Gasteiger partial charge in [0.25, 0.3) is 0 Å². The van der Waals surface area contributed by atoms with Crippen molar-refractivity contribution in [1.82, 2.24) is 14.5 Å². The Balaban J connectivity index is 2.30. The molecule has 0 amide bonds. The van der Waals surface area contributed by atoms with E-state index in [1.54, 1.807) is 0 Å². The van der Waals surface area contributed by atoms with Crippen LogP contribution in [0.15, 0.2) is 18.2 Å². The highest BCUT2D eigenvalue weighted by molar-refractivity contribution is 6.16. The third-order valence-corrected chi connectivity index (χ3v) is 3.90. The Labute approximate surface area is 120 Å². The van der Waals surface area contributed by atoms with Crippen LogP contribution in [0.5, 0.6) is 0 Å². The molecule has 104 valence electrons. The maximum absolute atomic E-state index is 6.02. The summed E-state index contributed by atoms with van der Waals surface area (Å²) < 4.78 is 2.24.